The molecule has 1 aromatic heterocycles. The van der Waals surface area contributed by atoms with Gasteiger partial charge in [-0.15, -0.1) is 24.0 Å². The lowest BCUT2D eigenvalue weighted by molar-refractivity contribution is 0.131. The average Bonchev–Trinajstić information content (AvgIpc) is 2.71. The second kappa shape index (κ2) is 8.00. The smallest absolute Gasteiger partial charge is 0.214 e. The Labute approximate surface area is 144 Å². The van der Waals surface area contributed by atoms with Crippen LogP contribution in [0.1, 0.15) is 50.0 Å². The summed E-state index contributed by atoms with van der Waals surface area (Å²) >= 11 is 0. The first-order valence-corrected chi connectivity index (χ1v) is 7.46. The van der Waals surface area contributed by atoms with Crippen LogP contribution in [0.3, 0.4) is 0 Å². The number of guanidine groups is 1. The monoisotopic (exact) mass is 406 g/mol. The van der Waals surface area contributed by atoms with Crippen LogP contribution in [0.5, 0.6) is 0 Å². The van der Waals surface area contributed by atoms with Crippen molar-refractivity contribution in [1.82, 2.24) is 15.6 Å². The Hall–Kier alpha value is -0.790. The van der Waals surface area contributed by atoms with E-state index in [1.165, 1.54) is 25.7 Å². The lowest BCUT2D eigenvalue weighted by atomic mass is 9.67. The molecule has 0 amide bonds. The van der Waals surface area contributed by atoms with Crippen LogP contribution in [0.2, 0.25) is 0 Å². The van der Waals surface area contributed by atoms with Crippen LogP contribution >= 0.6 is 24.0 Å². The maximum absolute atomic E-state index is 5.55. The summed E-state index contributed by atoms with van der Waals surface area (Å²) in [6.07, 6.45) is 5.24. The maximum Gasteiger partial charge on any atom is 0.214 e. The molecule has 2 N–H and O–H groups in total. The van der Waals surface area contributed by atoms with Crippen LogP contribution in [0.15, 0.2) is 9.41 Å². The molecule has 6 heteroatoms. The molecule has 0 bridgehead atoms. The highest BCUT2D eigenvalue weighted by molar-refractivity contribution is 14.0. The van der Waals surface area contributed by atoms with E-state index in [0.29, 0.717) is 17.9 Å². The number of aliphatic imine (C=N–C) groups is 1. The number of aryl methyl sites for hydroxylation is 2. The molecule has 0 spiro atoms. The summed E-state index contributed by atoms with van der Waals surface area (Å²) in [6, 6.07) is 0. The van der Waals surface area contributed by atoms with Gasteiger partial charge in [0.1, 0.15) is 5.76 Å². The highest BCUT2D eigenvalue weighted by Crippen LogP contribution is 2.42. The molecular weight excluding hydrogens is 379 g/mol. The molecule has 0 saturated heterocycles. The van der Waals surface area contributed by atoms with Gasteiger partial charge in [-0.05, 0) is 38.5 Å². The summed E-state index contributed by atoms with van der Waals surface area (Å²) in [5.41, 5.74) is 1.43. The first-order valence-electron chi connectivity index (χ1n) is 7.46. The van der Waals surface area contributed by atoms with Crippen molar-refractivity contribution in [2.24, 2.45) is 10.4 Å². The Bertz CT molecular complexity index is 455. The SMILES string of the molecule is CCC1(CNC(=NC)NCc2nc(C)c(C)o2)CCC1.I. The topological polar surface area (TPSA) is 62.5 Å². The highest BCUT2D eigenvalue weighted by atomic mass is 127. The Kier molecular flexibility index (Phi) is 6.96. The Balaban J connectivity index is 0.00000220. The zero-order valence-electron chi connectivity index (χ0n) is 13.5. The summed E-state index contributed by atoms with van der Waals surface area (Å²) in [6.45, 7) is 7.72. The van der Waals surface area contributed by atoms with Crippen LogP contribution in [-0.2, 0) is 6.54 Å². The largest absolute Gasteiger partial charge is 0.444 e. The summed E-state index contributed by atoms with van der Waals surface area (Å²) in [5, 5.41) is 6.68. The van der Waals surface area contributed by atoms with E-state index >= 15 is 0 Å². The fourth-order valence-electron chi connectivity index (χ4n) is 2.60. The molecule has 0 radical (unpaired) electrons. The molecule has 1 aliphatic rings. The molecule has 21 heavy (non-hydrogen) atoms. The molecule has 0 aromatic carbocycles. The molecule has 1 aromatic rings. The number of aromatic nitrogens is 1. The molecular formula is C15H27IN4O. The van der Waals surface area contributed by atoms with Gasteiger partial charge in [0.15, 0.2) is 5.96 Å². The summed E-state index contributed by atoms with van der Waals surface area (Å²) in [5.74, 6) is 2.40. The summed E-state index contributed by atoms with van der Waals surface area (Å²) < 4.78 is 5.55. The van der Waals surface area contributed by atoms with Crippen molar-refractivity contribution in [3.8, 4) is 0 Å². The van der Waals surface area contributed by atoms with Crippen molar-refractivity contribution >= 4 is 29.9 Å². The van der Waals surface area contributed by atoms with Crippen LogP contribution in [0.4, 0.5) is 0 Å². The van der Waals surface area contributed by atoms with Gasteiger partial charge in [-0.3, -0.25) is 4.99 Å². The second-order valence-electron chi connectivity index (χ2n) is 5.74. The van der Waals surface area contributed by atoms with Crippen LogP contribution < -0.4 is 10.6 Å². The number of halogens is 1. The number of nitrogens with one attached hydrogen (secondary N) is 2. The highest BCUT2D eigenvalue weighted by Gasteiger charge is 2.34. The standard InChI is InChI=1S/C15H26N4O.HI/c1-5-15(7-6-8-15)10-18-14(16-4)17-9-13-19-11(2)12(3)20-13;/h5-10H2,1-4H3,(H2,16,17,18);1H. The lowest BCUT2D eigenvalue weighted by Gasteiger charge is -2.41. The van der Waals surface area contributed by atoms with Crippen molar-refractivity contribution in [2.75, 3.05) is 13.6 Å². The molecule has 1 fully saturated rings. The van der Waals surface area contributed by atoms with Crippen molar-refractivity contribution < 1.29 is 4.42 Å². The number of rotatable bonds is 5. The van der Waals surface area contributed by atoms with Crippen LogP contribution in [0, 0.1) is 19.3 Å². The summed E-state index contributed by atoms with van der Waals surface area (Å²) in [7, 11) is 1.79. The van der Waals surface area contributed by atoms with Gasteiger partial charge in [0.05, 0.1) is 12.2 Å². The third-order valence-electron chi connectivity index (χ3n) is 4.50. The molecule has 1 aliphatic carbocycles. The minimum absolute atomic E-state index is 0. The molecule has 0 atom stereocenters. The predicted molar refractivity (Wildman–Crippen MR) is 96.2 cm³/mol. The van der Waals surface area contributed by atoms with Gasteiger partial charge in [-0.1, -0.05) is 13.3 Å². The van der Waals surface area contributed by atoms with Gasteiger partial charge >= 0.3 is 0 Å². The number of hydrogen-bond donors (Lipinski definition) is 2. The molecule has 1 saturated carbocycles. The van der Waals surface area contributed by atoms with Crippen molar-refractivity contribution in [2.45, 2.75) is 53.0 Å². The lowest BCUT2D eigenvalue weighted by Crippen LogP contribution is -2.46. The zero-order chi connectivity index (χ0) is 14.6. The van der Waals surface area contributed by atoms with E-state index in [-0.39, 0.29) is 24.0 Å². The van der Waals surface area contributed by atoms with Crippen molar-refractivity contribution in [1.29, 1.82) is 0 Å². The normalized spacial score (nSPS) is 16.9. The quantitative estimate of drug-likeness (QED) is 0.448. The van der Waals surface area contributed by atoms with Crippen molar-refractivity contribution in [3.63, 3.8) is 0 Å². The van der Waals surface area contributed by atoms with E-state index < -0.39 is 0 Å². The van der Waals surface area contributed by atoms with E-state index in [0.717, 1.165) is 24.0 Å². The van der Waals surface area contributed by atoms with Crippen LogP contribution in [-0.4, -0.2) is 24.5 Å². The number of hydrogen-bond acceptors (Lipinski definition) is 3. The Morgan fingerprint density at radius 2 is 2.05 bits per heavy atom. The molecule has 2 rings (SSSR count). The first kappa shape index (κ1) is 18.3. The minimum atomic E-state index is 0. The second-order valence-corrected chi connectivity index (χ2v) is 5.74. The third-order valence-corrected chi connectivity index (χ3v) is 4.50. The molecule has 1 heterocycles. The summed E-state index contributed by atoms with van der Waals surface area (Å²) in [4.78, 5) is 8.61. The van der Waals surface area contributed by atoms with Gasteiger partial charge in [0, 0.05) is 13.6 Å². The Morgan fingerprint density at radius 3 is 2.48 bits per heavy atom. The van der Waals surface area contributed by atoms with Gasteiger partial charge in [-0.25, -0.2) is 4.98 Å². The number of nitrogens with zero attached hydrogens (tertiary/aromatic N) is 2. The Morgan fingerprint density at radius 1 is 1.33 bits per heavy atom. The van der Waals surface area contributed by atoms with Crippen molar-refractivity contribution in [3.05, 3.63) is 17.3 Å². The van der Waals surface area contributed by atoms with Gasteiger partial charge in [0.25, 0.3) is 0 Å². The molecule has 0 unspecified atom stereocenters. The predicted octanol–water partition coefficient (Wildman–Crippen LogP) is 3.15. The fourth-order valence-corrected chi connectivity index (χ4v) is 2.60. The van der Waals surface area contributed by atoms with E-state index in [2.05, 4.69) is 27.5 Å². The number of oxazole rings is 1. The third kappa shape index (κ3) is 4.59. The zero-order valence-corrected chi connectivity index (χ0v) is 15.8. The molecule has 5 nitrogen and oxygen atoms in total. The minimum Gasteiger partial charge on any atom is -0.444 e. The van der Waals surface area contributed by atoms with Gasteiger partial charge in [-0.2, -0.15) is 0 Å². The van der Waals surface area contributed by atoms with Gasteiger partial charge < -0.3 is 15.1 Å². The first-order chi connectivity index (χ1) is 9.58. The van der Waals surface area contributed by atoms with Crippen LogP contribution in [0.25, 0.3) is 0 Å². The van der Waals surface area contributed by atoms with E-state index in [9.17, 15) is 0 Å². The molecule has 0 aliphatic heterocycles. The molecule has 120 valence electrons. The van der Waals surface area contributed by atoms with E-state index in [4.69, 9.17) is 4.42 Å². The van der Waals surface area contributed by atoms with Gasteiger partial charge in [0.2, 0.25) is 5.89 Å². The average molecular weight is 406 g/mol. The maximum atomic E-state index is 5.55. The van der Waals surface area contributed by atoms with E-state index in [1.807, 2.05) is 13.8 Å². The van der Waals surface area contributed by atoms with E-state index in [1.54, 1.807) is 7.05 Å². The fraction of sp³-hybridized carbons (Fsp3) is 0.733.